The SMILES string of the molecule is Cn1c(Cn2cnc([N+](=O)[O-])n2)nnc1SCC(=O)Nc1ccc(Br)cc1. The summed E-state index contributed by atoms with van der Waals surface area (Å²) in [6.07, 6.45) is 1.26. The Balaban J connectivity index is 1.57. The van der Waals surface area contributed by atoms with Crippen LogP contribution in [0.1, 0.15) is 5.82 Å². The molecule has 0 radical (unpaired) electrons. The highest BCUT2D eigenvalue weighted by Gasteiger charge is 2.17. The van der Waals surface area contributed by atoms with Crippen LogP contribution in [0, 0.1) is 10.1 Å². The molecule has 140 valence electrons. The van der Waals surface area contributed by atoms with Crippen LogP contribution in [-0.4, -0.2) is 46.1 Å². The number of aromatic nitrogens is 6. The van der Waals surface area contributed by atoms with Crippen molar-refractivity contribution in [3.05, 3.63) is 51.0 Å². The number of carbonyl (C=O) groups is 1. The van der Waals surface area contributed by atoms with E-state index in [0.717, 1.165) is 4.47 Å². The van der Waals surface area contributed by atoms with Crippen LogP contribution in [0.3, 0.4) is 0 Å². The van der Waals surface area contributed by atoms with E-state index in [-0.39, 0.29) is 18.2 Å². The smallest absolute Gasteiger partial charge is 0.390 e. The van der Waals surface area contributed by atoms with Gasteiger partial charge in [0, 0.05) is 22.3 Å². The molecule has 0 aliphatic heterocycles. The first-order valence-electron chi connectivity index (χ1n) is 7.52. The molecular formula is C14H13BrN8O3S. The molecule has 0 bridgehead atoms. The Hall–Kier alpha value is -2.80. The predicted octanol–water partition coefficient (Wildman–Crippen LogP) is 1.86. The zero-order chi connectivity index (χ0) is 19.4. The van der Waals surface area contributed by atoms with Gasteiger partial charge in [-0.1, -0.05) is 32.7 Å². The van der Waals surface area contributed by atoms with Crippen LogP contribution in [0.4, 0.5) is 11.6 Å². The molecule has 1 N–H and O–H groups in total. The van der Waals surface area contributed by atoms with E-state index in [9.17, 15) is 14.9 Å². The topological polar surface area (TPSA) is 134 Å². The molecule has 0 unspecified atom stereocenters. The third-order valence-electron chi connectivity index (χ3n) is 3.38. The lowest BCUT2D eigenvalue weighted by molar-refractivity contribution is -0.394. The van der Waals surface area contributed by atoms with E-state index in [0.29, 0.717) is 16.7 Å². The standard InChI is InChI=1S/C14H13BrN8O3S/c1-21-11(6-22-8-16-13(20-22)23(25)26)18-19-14(21)27-7-12(24)17-10-4-2-9(15)3-5-10/h2-5,8H,6-7H2,1H3,(H,17,24). The van der Waals surface area contributed by atoms with Gasteiger partial charge < -0.3 is 20.0 Å². The second-order valence-corrected chi connectivity index (χ2v) is 7.16. The number of hydrogen-bond donors (Lipinski definition) is 1. The van der Waals surface area contributed by atoms with Gasteiger partial charge >= 0.3 is 5.95 Å². The van der Waals surface area contributed by atoms with E-state index in [1.54, 1.807) is 23.7 Å². The molecule has 11 nitrogen and oxygen atoms in total. The first-order valence-corrected chi connectivity index (χ1v) is 9.30. The van der Waals surface area contributed by atoms with Crippen molar-refractivity contribution in [3.8, 4) is 0 Å². The fraction of sp³-hybridized carbons (Fsp3) is 0.214. The number of rotatable bonds is 7. The van der Waals surface area contributed by atoms with E-state index < -0.39 is 10.9 Å². The molecule has 0 atom stereocenters. The van der Waals surface area contributed by atoms with E-state index >= 15 is 0 Å². The van der Waals surface area contributed by atoms with Crippen LogP contribution >= 0.6 is 27.7 Å². The van der Waals surface area contributed by atoms with Crippen LogP contribution in [0.25, 0.3) is 0 Å². The lowest BCUT2D eigenvalue weighted by Crippen LogP contribution is -2.14. The number of amides is 1. The lowest BCUT2D eigenvalue weighted by atomic mass is 10.3. The third-order valence-corrected chi connectivity index (χ3v) is 4.93. The number of carbonyl (C=O) groups excluding carboxylic acids is 1. The summed E-state index contributed by atoms with van der Waals surface area (Å²) >= 11 is 4.57. The minimum atomic E-state index is -0.668. The molecule has 1 amide bonds. The molecule has 13 heteroatoms. The molecule has 0 aliphatic carbocycles. The van der Waals surface area contributed by atoms with Gasteiger partial charge in [0.05, 0.1) is 5.75 Å². The number of nitrogens with zero attached hydrogens (tertiary/aromatic N) is 7. The van der Waals surface area contributed by atoms with Crippen LogP contribution < -0.4 is 5.32 Å². The van der Waals surface area contributed by atoms with Crippen molar-refractivity contribution in [2.45, 2.75) is 11.7 Å². The highest BCUT2D eigenvalue weighted by Crippen LogP contribution is 2.18. The molecular weight excluding hydrogens is 440 g/mol. The van der Waals surface area contributed by atoms with Gasteiger partial charge in [0.1, 0.15) is 6.54 Å². The lowest BCUT2D eigenvalue weighted by Gasteiger charge is -2.05. The number of nitrogens with one attached hydrogen (secondary N) is 1. The van der Waals surface area contributed by atoms with Gasteiger partial charge in [-0.3, -0.25) is 4.79 Å². The quantitative estimate of drug-likeness (QED) is 0.326. The van der Waals surface area contributed by atoms with Gasteiger partial charge in [-0.05, 0) is 29.2 Å². The number of benzene rings is 1. The second kappa shape index (κ2) is 8.26. The summed E-state index contributed by atoms with van der Waals surface area (Å²) in [5.41, 5.74) is 0.704. The van der Waals surface area contributed by atoms with Crippen molar-refractivity contribution >= 4 is 45.2 Å². The Bertz CT molecular complexity index is 971. The maximum absolute atomic E-state index is 12.1. The normalized spacial score (nSPS) is 10.7. The zero-order valence-electron chi connectivity index (χ0n) is 13.9. The summed E-state index contributed by atoms with van der Waals surface area (Å²) in [6.45, 7) is 0.177. The molecule has 3 rings (SSSR count). The Kier molecular flexibility index (Phi) is 5.81. The average molecular weight is 453 g/mol. The van der Waals surface area contributed by atoms with Crippen molar-refractivity contribution < 1.29 is 9.72 Å². The first-order chi connectivity index (χ1) is 12.9. The predicted molar refractivity (Wildman–Crippen MR) is 100 cm³/mol. The monoisotopic (exact) mass is 452 g/mol. The maximum Gasteiger partial charge on any atom is 0.490 e. The second-order valence-electron chi connectivity index (χ2n) is 5.30. The van der Waals surface area contributed by atoms with Gasteiger partial charge in [-0.25, -0.2) is 0 Å². The van der Waals surface area contributed by atoms with Crippen LogP contribution in [0.5, 0.6) is 0 Å². The van der Waals surface area contributed by atoms with E-state index in [1.807, 2.05) is 12.1 Å². The van der Waals surface area contributed by atoms with E-state index in [2.05, 4.69) is 41.5 Å². The Labute approximate surface area is 165 Å². The van der Waals surface area contributed by atoms with E-state index in [4.69, 9.17) is 0 Å². The molecule has 3 aromatic rings. The van der Waals surface area contributed by atoms with Gasteiger partial charge in [-0.15, -0.1) is 10.2 Å². The van der Waals surface area contributed by atoms with Crippen LogP contribution in [-0.2, 0) is 18.4 Å². The third kappa shape index (κ3) is 4.89. The fourth-order valence-corrected chi connectivity index (χ4v) is 3.05. The number of halogens is 1. The molecule has 2 aromatic heterocycles. The molecule has 2 heterocycles. The van der Waals surface area contributed by atoms with Crippen molar-refractivity contribution in [1.82, 2.24) is 29.5 Å². The van der Waals surface area contributed by atoms with Crippen molar-refractivity contribution in [1.29, 1.82) is 0 Å². The van der Waals surface area contributed by atoms with Crippen molar-refractivity contribution in [2.75, 3.05) is 11.1 Å². The zero-order valence-corrected chi connectivity index (χ0v) is 16.3. The van der Waals surface area contributed by atoms with Gasteiger partial charge in [0.15, 0.2) is 11.0 Å². The van der Waals surface area contributed by atoms with E-state index in [1.165, 1.54) is 22.8 Å². The number of anilines is 1. The summed E-state index contributed by atoms with van der Waals surface area (Å²) < 4.78 is 3.93. The number of nitro groups is 1. The number of hydrogen-bond acceptors (Lipinski definition) is 8. The Morgan fingerprint density at radius 1 is 1.33 bits per heavy atom. The van der Waals surface area contributed by atoms with Crippen LogP contribution in [0.15, 0.2) is 40.2 Å². The summed E-state index contributed by atoms with van der Waals surface area (Å²) in [6, 6.07) is 7.27. The minimum Gasteiger partial charge on any atom is -0.390 e. The number of thioether (sulfide) groups is 1. The van der Waals surface area contributed by atoms with Gasteiger partial charge in [0.2, 0.25) is 12.2 Å². The van der Waals surface area contributed by atoms with Gasteiger partial charge in [-0.2, -0.15) is 4.68 Å². The average Bonchev–Trinajstić information content (AvgIpc) is 3.24. The molecule has 1 aromatic carbocycles. The largest absolute Gasteiger partial charge is 0.490 e. The molecule has 27 heavy (non-hydrogen) atoms. The summed E-state index contributed by atoms with van der Waals surface area (Å²) in [5, 5.41) is 25.8. The Morgan fingerprint density at radius 3 is 2.74 bits per heavy atom. The van der Waals surface area contributed by atoms with Crippen molar-refractivity contribution in [3.63, 3.8) is 0 Å². The Morgan fingerprint density at radius 2 is 2.07 bits per heavy atom. The summed E-state index contributed by atoms with van der Waals surface area (Å²) in [7, 11) is 1.75. The molecule has 0 saturated carbocycles. The fourth-order valence-electron chi connectivity index (χ4n) is 2.06. The molecule has 0 aliphatic rings. The molecule has 0 saturated heterocycles. The van der Waals surface area contributed by atoms with Crippen molar-refractivity contribution in [2.24, 2.45) is 7.05 Å². The van der Waals surface area contributed by atoms with Gasteiger partial charge in [0.25, 0.3) is 0 Å². The molecule has 0 fully saturated rings. The summed E-state index contributed by atoms with van der Waals surface area (Å²) in [5.74, 6) is 0.0531. The summed E-state index contributed by atoms with van der Waals surface area (Å²) in [4.78, 5) is 25.6. The highest BCUT2D eigenvalue weighted by molar-refractivity contribution is 9.10. The highest BCUT2D eigenvalue weighted by atomic mass is 79.9. The first kappa shape index (κ1) is 19.0. The molecule has 0 spiro atoms. The minimum absolute atomic E-state index is 0.164. The van der Waals surface area contributed by atoms with Crippen LogP contribution in [0.2, 0.25) is 0 Å². The maximum atomic E-state index is 12.1.